The van der Waals surface area contributed by atoms with E-state index >= 15 is 0 Å². The molecule has 1 aromatic rings. The van der Waals surface area contributed by atoms with Crippen LogP contribution < -0.4 is 0 Å². The zero-order chi connectivity index (χ0) is 43.7. The number of alkyl halides is 3. The largest absolute Gasteiger partial charge is 0.534 e. The number of carbonyl (C=O) groups is 4. The van der Waals surface area contributed by atoms with Gasteiger partial charge < -0.3 is 27.9 Å². The van der Waals surface area contributed by atoms with E-state index in [0.29, 0.717) is 0 Å². The van der Waals surface area contributed by atoms with Gasteiger partial charge in [0.2, 0.25) is 0 Å². The molecule has 0 spiro atoms. The van der Waals surface area contributed by atoms with Crippen LogP contribution in [0.2, 0.25) is 0 Å². The Bertz CT molecular complexity index is 1790. The van der Waals surface area contributed by atoms with E-state index in [0.717, 1.165) is 15.2 Å². The Balaban J connectivity index is 2.33. The molecule has 57 heavy (non-hydrogen) atoms. The van der Waals surface area contributed by atoms with Gasteiger partial charge in [-0.3, -0.25) is 24.1 Å². The molecule has 3 rings (SSSR count). The second kappa shape index (κ2) is 17.7. The van der Waals surface area contributed by atoms with Crippen molar-refractivity contribution in [3.8, 4) is 0 Å². The van der Waals surface area contributed by atoms with Gasteiger partial charge in [-0.2, -0.15) is 21.6 Å². The smallest absolute Gasteiger partial charge is 0.462 e. The zero-order valence-corrected chi connectivity index (χ0v) is 37.4. The Morgan fingerprint density at radius 3 is 1.70 bits per heavy atom. The second-order valence-electron chi connectivity index (χ2n) is 18.3. The Labute approximate surface area is 346 Å². The van der Waals surface area contributed by atoms with Crippen molar-refractivity contribution < 1.29 is 68.6 Å². The number of hydrogen-bond acceptors (Lipinski definition) is 13. The molecule has 13 nitrogen and oxygen atoms in total. The lowest BCUT2D eigenvalue weighted by atomic mass is 9.90. The molecule has 0 N–H and O–H groups in total. The standard InChI is InChI=1S/C39H55F3INO12S/c1-35(2,3)31(45)51-21-26-27(53-32(46)36(4,5)6)28(54-33(47)37(7,8)9)29(55-34(48)38(10,11)12)30(52-26)44-18-17-24(56-57(49,50)39(40,41)42)20-23(44)19-22-15-13-14-16-25(22)43/h13-17,23,26-30H,18-21H2,1-12H3/t23-,26-,27+,28+,29-,30-/m1/s1. The first-order valence-corrected chi connectivity index (χ1v) is 20.9. The quantitative estimate of drug-likeness (QED) is 0.0789. The van der Waals surface area contributed by atoms with Crippen LogP contribution in [0.3, 0.4) is 0 Å². The number of esters is 4. The SMILES string of the molecule is CC(C)(C)C(=O)OC[C@H]1O[C@@H](N2CC=C(OS(=O)(=O)C(F)(F)F)C[C@H]2Cc2ccccc2I)[C@H](OC(=O)C(C)(C)C)[C@@H](OC(=O)C(C)(C)C)[C@H]1OC(=O)C(C)(C)C. The minimum atomic E-state index is -6.03. The molecule has 0 aliphatic carbocycles. The minimum absolute atomic E-state index is 0.101. The van der Waals surface area contributed by atoms with Crippen LogP contribution in [0, 0.1) is 25.2 Å². The molecule has 2 aliphatic heterocycles. The highest BCUT2D eigenvalue weighted by molar-refractivity contribution is 14.1. The molecule has 1 saturated heterocycles. The van der Waals surface area contributed by atoms with Gasteiger partial charge >= 0.3 is 39.5 Å². The van der Waals surface area contributed by atoms with E-state index in [1.54, 1.807) is 106 Å². The summed E-state index contributed by atoms with van der Waals surface area (Å²) in [5.74, 6) is -3.41. The summed E-state index contributed by atoms with van der Waals surface area (Å²) in [6.45, 7) is 18.4. The van der Waals surface area contributed by atoms with E-state index in [1.165, 1.54) is 0 Å². The molecular weight excluding hydrogens is 890 g/mol. The first-order chi connectivity index (χ1) is 25.7. The van der Waals surface area contributed by atoms with Crippen LogP contribution in [-0.2, 0) is 63.6 Å². The molecule has 0 radical (unpaired) electrons. The normalized spacial score (nSPS) is 24.2. The summed E-state index contributed by atoms with van der Waals surface area (Å²) in [4.78, 5) is 55.8. The van der Waals surface area contributed by atoms with E-state index < -0.39 is 117 Å². The van der Waals surface area contributed by atoms with Gasteiger partial charge in [0.1, 0.15) is 18.5 Å². The van der Waals surface area contributed by atoms with Crippen molar-refractivity contribution in [1.82, 2.24) is 4.90 Å². The summed E-state index contributed by atoms with van der Waals surface area (Å²) >= 11 is 2.09. The van der Waals surface area contributed by atoms with Crippen molar-refractivity contribution in [3.05, 3.63) is 45.2 Å². The number of carbonyl (C=O) groups excluding carboxylic acids is 4. The van der Waals surface area contributed by atoms with Crippen LogP contribution in [0.4, 0.5) is 13.2 Å². The maximum atomic E-state index is 13.8. The van der Waals surface area contributed by atoms with Crippen molar-refractivity contribution in [2.45, 2.75) is 138 Å². The molecule has 2 heterocycles. The van der Waals surface area contributed by atoms with Crippen LogP contribution in [0.15, 0.2) is 36.1 Å². The first-order valence-electron chi connectivity index (χ1n) is 18.4. The van der Waals surface area contributed by atoms with E-state index in [-0.39, 0.29) is 13.0 Å². The summed E-state index contributed by atoms with van der Waals surface area (Å²) in [5.41, 5.74) is -9.30. The maximum Gasteiger partial charge on any atom is 0.534 e. The summed E-state index contributed by atoms with van der Waals surface area (Å²) in [5, 5.41) is 0. The first kappa shape index (κ1) is 48.4. The number of nitrogens with zero attached hydrogens (tertiary/aromatic N) is 1. The molecule has 2 aliphatic rings. The minimum Gasteiger partial charge on any atom is -0.462 e. The molecule has 18 heteroatoms. The molecule has 1 fully saturated rings. The van der Waals surface area contributed by atoms with Crippen LogP contribution in [0.25, 0.3) is 0 Å². The fourth-order valence-corrected chi connectivity index (χ4v) is 6.56. The van der Waals surface area contributed by atoms with Crippen LogP contribution in [-0.4, -0.2) is 92.5 Å². The molecule has 6 atom stereocenters. The lowest BCUT2D eigenvalue weighted by Gasteiger charge is -2.51. The van der Waals surface area contributed by atoms with Crippen LogP contribution in [0.5, 0.6) is 0 Å². The molecule has 0 saturated carbocycles. The van der Waals surface area contributed by atoms with Gasteiger partial charge in [-0.1, -0.05) is 18.2 Å². The Morgan fingerprint density at radius 2 is 1.23 bits per heavy atom. The predicted octanol–water partition coefficient (Wildman–Crippen LogP) is 6.85. The van der Waals surface area contributed by atoms with Gasteiger partial charge in [0.15, 0.2) is 24.5 Å². The molecule has 0 unspecified atom stereocenters. The summed E-state index contributed by atoms with van der Waals surface area (Å²) in [7, 11) is -6.03. The maximum absolute atomic E-state index is 13.8. The van der Waals surface area contributed by atoms with Gasteiger partial charge in [-0.15, -0.1) is 0 Å². The monoisotopic (exact) mass is 945 g/mol. The highest BCUT2D eigenvalue weighted by atomic mass is 127. The third-order valence-electron chi connectivity index (χ3n) is 8.84. The topological polar surface area (TPSA) is 161 Å². The Hall–Kier alpha value is -2.97. The molecular formula is C39H55F3INO12S. The van der Waals surface area contributed by atoms with E-state index in [9.17, 15) is 40.8 Å². The fraction of sp³-hybridized carbons (Fsp3) is 0.692. The number of ether oxygens (including phenoxy) is 5. The second-order valence-corrected chi connectivity index (χ2v) is 21.0. The molecule has 0 bridgehead atoms. The number of hydrogen-bond donors (Lipinski definition) is 0. The highest BCUT2D eigenvalue weighted by Gasteiger charge is 2.57. The average molecular weight is 946 g/mol. The fourth-order valence-electron chi connectivity index (χ4n) is 5.44. The molecule has 0 amide bonds. The van der Waals surface area contributed by atoms with Gasteiger partial charge in [0.25, 0.3) is 0 Å². The van der Waals surface area contributed by atoms with E-state index in [4.69, 9.17) is 23.7 Å². The molecule has 0 aromatic heterocycles. The lowest BCUT2D eigenvalue weighted by Crippen LogP contribution is -2.68. The third-order valence-corrected chi connectivity index (χ3v) is 10.9. The van der Waals surface area contributed by atoms with Crippen molar-refractivity contribution in [2.24, 2.45) is 21.7 Å². The van der Waals surface area contributed by atoms with Gasteiger partial charge in [0.05, 0.1) is 21.7 Å². The molecule has 1 aromatic carbocycles. The predicted molar refractivity (Wildman–Crippen MR) is 209 cm³/mol. The van der Waals surface area contributed by atoms with Crippen molar-refractivity contribution in [3.63, 3.8) is 0 Å². The van der Waals surface area contributed by atoms with Crippen molar-refractivity contribution in [2.75, 3.05) is 13.2 Å². The van der Waals surface area contributed by atoms with Gasteiger partial charge in [-0.25, -0.2) is 0 Å². The van der Waals surface area contributed by atoms with Crippen LogP contribution >= 0.6 is 22.6 Å². The number of benzene rings is 1. The Morgan fingerprint density at radius 1 is 0.754 bits per heavy atom. The molecule has 322 valence electrons. The van der Waals surface area contributed by atoms with E-state index in [2.05, 4.69) is 26.8 Å². The Kier molecular flexibility index (Phi) is 15.0. The summed E-state index contributed by atoms with van der Waals surface area (Å²) in [6.07, 6.45) is -6.60. The van der Waals surface area contributed by atoms with Gasteiger partial charge in [-0.05, 0) is 130 Å². The van der Waals surface area contributed by atoms with Crippen LogP contribution in [0.1, 0.15) is 95.1 Å². The van der Waals surface area contributed by atoms with Crippen molar-refractivity contribution >= 4 is 56.6 Å². The lowest BCUT2D eigenvalue weighted by molar-refractivity contribution is -0.287. The summed E-state index contributed by atoms with van der Waals surface area (Å²) < 4.78 is 101. The average Bonchev–Trinajstić information content (AvgIpc) is 3.04. The highest BCUT2D eigenvalue weighted by Crippen LogP contribution is 2.39. The summed E-state index contributed by atoms with van der Waals surface area (Å²) in [6, 6.07) is 6.25. The zero-order valence-electron chi connectivity index (χ0n) is 34.4. The van der Waals surface area contributed by atoms with Gasteiger partial charge in [0, 0.05) is 22.6 Å². The third kappa shape index (κ3) is 12.8. The van der Waals surface area contributed by atoms with Crippen molar-refractivity contribution in [1.29, 1.82) is 0 Å². The number of halogens is 4. The number of rotatable bonds is 10. The van der Waals surface area contributed by atoms with E-state index in [1.807, 2.05) is 6.07 Å².